The molecule has 1 heterocycles. The largest absolute Gasteiger partial charge is 0.346 e. The molecule has 2 aliphatic rings. The van der Waals surface area contributed by atoms with E-state index in [9.17, 15) is 24.0 Å². The van der Waals surface area contributed by atoms with Gasteiger partial charge in [0.2, 0.25) is 17.6 Å². The van der Waals surface area contributed by atoms with Gasteiger partial charge in [0.15, 0.2) is 0 Å². The quantitative estimate of drug-likeness (QED) is 0.259. The predicted molar refractivity (Wildman–Crippen MR) is 142 cm³/mol. The molecule has 1 saturated heterocycles. The highest BCUT2D eigenvalue weighted by molar-refractivity contribution is 6.38. The maximum atomic E-state index is 13.9. The Labute approximate surface area is 220 Å². The monoisotopic (exact) mass is 519 g/mol. The minimum atomic E-state index is -0.991. The molecule has 0 aromatic carbocycles. The number of likely N-dealkylation sites (tertiary alicyclic amines) is 1. The van der Waals surface area contributed by atoms with Crippen LogP contribution < -0.4 is 21.3 Å². The standard InChI is InChI=1S/C27H45N5O5/c1-7-14-28-24(35)22(33)19(8-2)29-23(34)20-15-17(3)16-32(20)25(36)21(18-12-10-9-11-13-18)30-26(37)31-27(4,5)6/h7,17-21H,1,8-16H2,2-6H3,(H,28,35)(H,29,34)(H2,30,31,37)/t17-,19?,20?,21?/m1/s1. The van der Waals surface area contributed by atoms with Crippen molar-refractivity contribution in [2.45, 2.75) is 103 Å². The summed E-state index contributed by atoms with van der Waals surface area (Å²) in [6.45, 7) is 13.3. The van der Waals surface area contributed by atoms with E-state index in [1.54, 1.807) is 11.8 Å². The normalized spacial score (nSPS) is 21.9. The van der Waals surface area contributed by atoms with E-state index < -0.39 is 47.3 Å². The van der Waals surface area contributed by atoms with Gasteiger partial charge in [-0.05, 0) is 58.3 Å². The first-order chi connectivity index (χ1) is 17.4. The van der Waals surface area contributed by atoms with E-state index in [1.165, 1.54) is 6.08 Å². The fourth-order valence-electron chi connectivity index (χ4n) is 5.11. The van der Waals surface area contributed by atoms with Crippen LogP contribution in [-0.4, -0.2) is 71.2 Å². The van der Waals surface area contributed by atoms with E-state index in [4.69, 9.17) is 0 Å². The van der Waals surface area contributed by atoms with Crippen molar-refractivity contribution in [2.75, 3.05) is 13.1 Å². The third-order valence-electron chi connectivity index (χ3n) is 6.93. The molecule has 0 spiro atoms. The molecule has 10 heteroatoms. The Morgan fingerprint density at radius 2 is 1.70 bits per heavy atom. The summed E-state index contributed by atoms with van der Waals surface area (Å²) in [5.41, 5.74) is -0.464. The number of nitrogens with one attached hydrogen (secondary N) is 4. The van der Waals surface area contributed by atoms with Crippen molar-refractivity contribution in [2.24, 2.45) is 11.8 Å². The number of carbonyl (C=O) groups is 5. The lowest BCUT2D eigenvalue weighted by Gasteiger charge is -2.35. The first kappa shape index (κ1) is 30.3. The zero-order chi connectivity index (χ0) is 27.8. The molecular weight excluding hydrogens is 474 g/mol. The molecule has 4 atom stereocenters. The maximum absolute atomic E-state index is 13.9. The molecule has 0 radical (unpaired) electrons. The lowest BCUT2D eigenvalue weighted by Crippen LogP contribution is -2.60. The smallest absolute Gasteiger partial charge is 0.315 e. The minimum absolute atomic E-state index is 0.00916. The summed E-state index contributed by atoms with van der Waals surface area (Å²) in [7, 11) is 0. The SMILES string of the molecule is C=CCNC(=O)C(=O)C(CC)NC(=O)C1C[C@@H](C)CN1C(=O)C(NC(=O)NC(C)(C)C)C1CCCCC1. The van der Waals surface area contributed by atoms with Gasteiger partial charge in [0.25, 0.3) is 5.91 Å². The molecule has 1 aliphatic carbocycles. The van der Waals surface area contributed by atoms with Gasteiger partial charge >= 0.3 is 6.03 Å². The maximum Gasteiger partial charge on any atom is 0.315 e. The van der Waals surface area contributed by atoms with E-state index >= 15 is 0 Å². The fraction of sp³-hybridized carbons (Fsp3) is 0.741. The molecule has 4 N–H and O–H groups in total. The van der Waals surface area contributed by atoms with Gasteiger partial charge in [-0.15, -0.1) is 6.58 Å². The second-order valence-corrected chi connectivity index (χ2v) is 11.4. The van der Waals surface area contributed by atoms with E-state index in [0.29, 0.717) is 13.0 Å². The van der Waals surface area contributed by atoms with Gasteiger partial charge in [-0.2, -0.15) is 0 Å². The average Bonchev–Trinajstić information content (AvgIpc) is 3.24. The second-order valence-electron chi connectivity index (χ2n) is 11.4. The molecule has 2 fully saturated rings. The van der Waals surface area contributed by atoms with Crippen LogP contribution in [0.5, 0.6) is 0 Å². The van der Waals surface area contributed by atoms with Crippen LogP contribution in [-0.2, 0) is 19.2 Å². The molecule has 208 valence electrons. The van der Waals surface area contributed by atoms with E-state index in [-0.39, 0.29) is 30.7 Å². The van der Waals surface area contributed by atoms with Crippen LogP contribution in [0.1, 0.15) is 79.6 Å². The zero-order valence-electron chi connectivity index (χ0n) is 23.0. The molecule has 0 bridgehead atoms. The highest BCUT2D eigenvalue weighted by Gasteiger charge is 2.43. The molecule has 1 aliphatic heterocycles. The molecule has 3 unspecified atom stereocenters. The summed E-state index contributed by atoms with van der Waals surface area (Å²) in [6.07, 6.45) is 6.89. The van der Waals surface area contributed by atoms with Crippen LogP contribution in [0.4, 0.5) is 4.79 Å². The highest BCUT2D eigenvalue weighted by atomic mass is 16.2. The molecule has 37 heavy (non-hydrogen) atoms. The van der Waals surface area contributed by atoms with Crippen molar-refractivity contribution in [1.82, 2.24) is 26.2 Å². The van der Waals surface area contributed by atoms with Crippen LogP contribution in [0.15, 0.2) is 12.7 Å². The zero-order valence-corrected chi connectivity index (χ0v) is 23.0. The Hall–Kier alpha value is -2.91. The van der Waals surface area contributed by atoms with E-state index in [2.05, 4.69) is 27.8 Å². The van der Waals surface area contributed by atoms with Crippen molar-refractivity contribution < 1.29 is 24.0 Å². The van der Waals surface area contributed by atoms with Gasteiger partial charge in [-0.3, -0.25) is 19.2 Å². The van der Waals surface area contributed by atoms with Crippen molar-refractivity contribution in [3.63, 3.8) is 0 Å². The molecule has 0 aromatic heterocycles. The number of amides is 5. The van der Waals surface area contributed by atoms with E-state index in [0.717, 1.165) is 32.1 Å². The molecule has 5 amide bonds. The van der Waals surface area contributed by atoms with Gasteiger partial charge in [-0.1, -0.05) is 39.2 Å². The van der Waals surface area contributed by atoms with E-state index in [1.807, 2.05) is 27.7 Å². The fourth-order valence-corrected chi connectivity index (χ4v) is 5.11. The lowest BCUT2D eigenvalue weighted by molar-refractivity contribution is -0.143. The first-order valence-corrected chi connectivity index (χ1v) is 13.5. The second kappa shape index (κ2) is 13.6. The van der Waals surface area contributed by atoms with Crippen LogP contribution in [0.25, 0.3) is 0 Å². The Kier molecular flexibility index (Phi) is 11.1. The summed E-state index contributed by atoms with van der Waals surface area (Å²) < 4.78 is 0. The number of hydrogen-bond donors (Lipinski definition) is 4. The highest BCUT2D eigenvalue weighted by Crippen LogP contribution is 2.30. The molecule has 0 aromatic rings. The summed E-state index contributed by atoms with van der Waals surface area (Å²) in [6, 6.07) is -2.92. The van der Waals surface area contributed by atoms with Crippen molar-refractivity contribution in [1.29, 1.82) is 0 Å². The Bertz CT molecular complexity index is 862. The van der Waals surface area contributed by atoms with Crippen LogP contribution in [0.2, 0.25) is 0 Å². The third-order valence-corrected chi connectivity index (χ3v) is 6.93. The van der Waals surface area contributed by atoms with Crippen LogP contribution in [0.3, 0.4) is 0 Å². The minimum Gasteiger partial charge on any atom is -0.346 e. The number of rotatable bonds is 10. The van der Waals surface area contributed by atoms with Gasteiger partial charge < -0.3 is 26.2 Å². The summed E-state index contributed by atoms with van der Waals surface area (Å²) in [5, 5.41) is 10.9. The Morgan fingerprint density at radius 3 is 2.27 bits per heavy atom. The van der Waals surface area contributed by atoms with Gasteiger partial charge in [0, 0.05) is 18.6 Å². The number of Topliss-reactive ketones (excluding diaryl/α,β-unsaturated/α-hetero) is 1. The first-order valence-electron chi connectivity index (χ1n) is 13.5. The van der Waals surface area contributed by atoms with Crippen LogP contribution >= 0.6 is 0 Å². The topological polar surface area (TPSA) is 137 Å². The third kappa shape index (κ3) is 8.86. The summed E-state index contributed by atoms with van der Waals surface area (Å²) >= 11 is 0. The average molecular weight is 520 g/mol. The lowest BCUT2D eigenvalue weighted by atomic mass is 9.83. The number of hydrogen-bond acceptors (Lipinski definition) is 5. The van der Waals surface area contributed by atoms with Crippen molar-refractivity contribution in [3.8, 4) is 0 Å². The number of nitrogens with zero attached hydrogens (tertiary/aromatic N) is 1. The van der Waals surface area contributed by atoms with Crippen molar-refractivity contribution in [3.05, 3.63) is 12.7 Å². The van der Waals surface area contributed by atoms with Gasteiger partial charge in [0.1, 0.15) is 12.1 Å². The molecule has 1 saturated carbocycles. The summed E-state index contributed by atoms with van der Waals surface area (Å²) in [5.74, 6) is -2.19. The predicted octanol–water partition coefficient (Wildman–Crippen LogP) is 2.04. The Morgan fingerprint density at radius 1 is 1.05 bits per heavy atom. The molecular formula is C27H45N5O5. The number of carbonyl (C=O) groups excluding carboxylic acids is 5. The number of ketones is 1. The number of urea groups is 1. The van der Waals surface area contributed by atoms with Crippen molar-refractivity contribution >= 4 is 29.5 Å². The molecule has 10 nitrogen and oxygen atoms in total. The van der Waals surface area contributed by atoms with Gasteiger partial charge in [-0.25, -0.2) is 4.79 Å². The Balaban J connectivity index is 2.20. The van der Waals surface area contributed by atoms with Gasteiger partial charge in [0.05, 0.1) is 6.04 Å². The molecule has 2 rings (SSSR count). The van der Waals surface area contributed by atoms with Crippen LogP contribution in [0, 0.1) is 11.8 Å². The summed E-state index contributed by atoms with van der Waals surface area (Å²) in [4.78, 5) is 66.2.